The molecule has 0 aromatic carbocycles. The fraction of sp³-hybridized carbons (Fsp3) is 0.917. The van der Waals surface area contributed by atoms with Crippen molar-refractivity contribution in [3.8, 4) is 0 Å². The maximum atomic E-state index is 12.6. The van der Waals surface area contributed by atoms with Gasteiger partial charge in [-0.2, -0.15) is 4.31 Å². The van der Waals surface area contributed by atoms with E-state index in [4.69, 9.17) is 4.74 Å². The number of β-amino-alcohol motifs (C(OH)–C–C–N with tert-alkyl or cyclic N) is 1. The number of carbonyl (C=O) groups is 1. The maximum absolute atomic E-state index is 12.6. The number of ether oxygens (including phenoxy) is 1. The normalized spacial score (nSPS) is 33.3. The minimum absolute atomic E-state index is 0.146. The third-order valence-corrected chi connectivity index (χ3v) is 6.44. The minimum Gasteiger partial charge on any atom is -0.469 e. The first kappa shape index (κ1) is 14.7. The Balaban J connectivity index is 2.16. The third kappa shape index (κ3) is 2.93. The highest BCUT2D eigenvalue weighted by atomic mass is 32.2. The van der Waals surface area contributed by atoms with E-state index in [0.29, 0.717) is 32.2 Å². The van der Waals surface area contributed by atoms with Gasteiger partial charge >= 0.3 is 5.97 Å². The van der Waals surface area contributed by atoms with Crippen LogP contribution in [0, 0.1) is 5.92 Å². The Labute approximate surface area is 113 Å². The molecular weight excluding hydrogens is 270 g/mol. The smallest absolute Gasteiger partial charge is 0.310 e. The first-order valence-corrected chi connectivity index (χ1v) is 8.22. The maximum Gasteiger partial charge on any atom is 0.310 e. The molecule has 1 heterocycles. The van der Waals surface area contributed by atoms with Gasteiger partial charge < -0.3 is 9.84 Å². The van der Waals surface area contributed by atoms with Gasteiger partial charge in [0.25, 0.3) is 0 Å². The predicted octanol–water partition coefficient (Wildman–Crippen LogP) is 0.115. The predicted molar refractivity (Wildman–Crippen MR) is 68.9 cm³/mol. The van der Waals surface area contributed by atoms with Gasteiger partial charge in [0.2, 0.25) is 10.0 Å². The van der Waals surface area contributed by atoms with Crippen LogP contribution in [-0.4, -0.2) is 55.4 Å². The summed E-state index contributed by atoms with van der Waals surface area (Å²) in [5.41, 5.74) is 0. The molecule has 1 aliphatic heterocycles. The van der Waals surface area contributed by atoms with Crippen molar-refractivity contribution >= 4 is 16.0 Å². The lowest BCUT2D eigenvalue weighted by atomic mass is 10.1. The van der Waals surface area contributed by atoms with Crippen molar-refractivity contribution < 1.29 is 23.1 Å². The number of methoxy groups -OCH3 is 1. The van der Waals surface area contributed by atoms with Crippen LogP contribution in [0.5, 0.6) is 0 Å². The van der Waals surface area contributed by atoms with Crippen LogP contribution in [0.15, 0.2) is 0 Å². The van der Waals surface area contributed by atoms with Crippen LogP contribution in [0.4, 0.5) is 0 Å². The monoisotopic (exact) mass is 291 g/mol. The van der Waals surface area contributed by atoms with E-state index in [2.05, 4.69) is 0 Å². The molecule has 1 aliphatic carbocycles. The second-order valence-corrected chi connectivity index (χ2v) is 7.45. The van der Waals surface area contributed by atoms with Gasteiger partial charge in [-0.05, 0) is 25.7 Å². The third-order valence-electron chi connectivity index (χ3n) is 4.06. The molecule has 3 unspecified atom stereocenters. The lowest BCUT2D eigenvalue weighted by Gasteiger charge is -2.32. The zero-order valence-electron chi connectivity index (χ0n) is 11.1. The van der Waals surface area contributed by atoms with Crippen LogP contribution in [0.3, 0.4) is 0 Å². The van der Waals surface area contributed by atoms with Crippen LogP contribution in [0.25, 0.3) is 0 Å². The standard InChI is InChI=1S/C12H21NO5S/c1-18-12(15)10-5-2-6-11(10)19(16,17)13-7-3-4-9(14)8-13/h9-11,14H,2-8H2,1H3. The summed E-state index contributed by atoms with van der Waals surface area (Å²) in [6.07, 6.45) is 2.48. The second kappa shape index (κ2) is 5.76. The molecule has 0 bridgehead atoms. The molecule has 0 amide bonds. The summed E-state index contributed by atoms with van der Waals surface area (Å²) in [6.45, 7) is 0.580. The van der Waals surface area contributed by atoms with E-state index in [1.807, 2.05) is 0 Å². The van der Waals surface area contributed by atoms with E-state index in [-0.39, 0.29) is 6.54 Å². The van der Waals surface area contributed by atoms with Gasteiger partial charge in [0, 0.05) is 13.1 Å². The van der Waals surface area contributed by atoms with Gasteiger partial charge in [0.1, 0.15) is 0 Å². The van der Waals surface area contributed by atoms with Gasteiger partial charge in [-0.1, -0.05) is 6.42 Å². The van der Waals surface area contributed by atoms with Crippen molar-refractivity contribution in [1.29, 1.82) is 0 Å². The van der Waals surface area contributed by atoms with Crippen LogP contribution in [0.1, 0.15) is 32.1 Å². The number of rotatable bonds is 3. The van der Waals surface area contributed by atoms with Crippen LogP contribution >= 0.6 is 0 Å². The molecule has 110 valence electrons. The fourth-order valence-electron chi connectivity index (χ4n) is 3.05. The van der Waals surface area contributed by atoms with Crippen LogP contribution < -0.4 is 0 Å². The van der Waals surface area contributed by atoms with Crippen molar-refractivity contribution in [3.05, 3.63) is 0 Å². The first-order valence-electron chi connectivity index (χ1n) is 6.71. The molecule has 19 heavy (non-hydrogen) atoms. The molecule has 7 heteroatoms. The van der Waals surface area contributed by atoms with Crippen molar-refractivity contribution in [2.24, 2.45) is 5.92 Å². The number of piperidine rings is 1. The molecule has 0 aromatic heterocycles. The molecule has 2 fully saturated rings. The Morgan fingerprint density at radius 2 is 2.00 bits per heavy atom. The van der Waals surface area contributed by atoms with Gasteiger partial charge in [0.15, 0.2) is 0 Å². The molecule has 2 rings (SSSR count). The average Bonchev–Trinajstić information content (AvgIpc) is 2.87. The Hall–Kier alpha value is -0.660. The zero-order valence-corrected chi connectivity index (χ0v) is 11.9. The quantitative estimate of drug-likeness (QED) is 0.746. The summed E-state index contributed by atoms with van der Waals surface area (Å²) in [5, 5.41) is 8.92. The first-order chi connectivity index (χ1) is 8.96. The van der Waals surface area contributed by atoms with E-state index in [1.54, 1.807) is 0 Å². The largest absolute Gasteiger partial charge is 0.469 e. The number of hydrogen-bond acceptors (Lipinski definition) is 5. The second-order valence-electron chi connectivity index (χ2n) is 5.30. The van der Waals surface area contributed by atoms with Gasteiger partial charge in [-0.25, -0.2) is 8.42 Å². The molecule has 2 aliphatic rings. The highest BCUT2D eigenvalue weighted by Gasteiger charge is 2.45. The van der Waals surface area contributed by atoms with Crippen LogP contribution in [0.2, 0.25) is 0 Å². The molecule has 1 saturated carbocycles. The lowest BCUT2D eigenvalue weighted by Crippen LogP contribution is -2.48. The van der Waals surface area contributed by atoms with Crippen molar-refractivity contribution in [3.63, 3.8) is 0 Å². The number of sulfonamides is 1. The Morgan fingerprint density at radius 1 is 1.26 bits per heavy atom. The van der Waals surface area contributed by atoms with Gasteiger partial charge in [-0.15, -0.1) is 0 Å². The van der Waals surface area contributed by atoms with E-state index < -0.39 is 33.3 Å². The zero-order chi connectivity index (χ0) is 14.0. The molecule has 1 saturated heterocycles. The molecular formula is C12H21NO5S. The molecule has 3 atom stereocenters. The molecule has 1 N–H and O–H groups in total. The lowest BCUT2D eigenvalue weighted by molar-refractivity contribution is -0.145. The topological polar surface area (TPSA) is 83.9 Å². The van der Waals surface area contributed by atoms with E-state index in [9.17, 15) is 18.3 Å². The fourth-order valence-corrected chi connectivity index (χ4v) is 5.32. The number of aliphatic hydroxyl groups is 1. The Morgan fingerprint density at radius 3 is 2.63 bits per heavy atom. The van der Waals surface area contributed by atoms with E-state index >= 15 is 0 Å². The summed E-state index contributed by atoms with van der Waals surface area (Å²) >= 11 is 0. The highest BCUT2D eigenvalue weighted by Crippen LogP contribution is 2.34. The SMILES string of the molecule is COC(=O)C1CCCC1S(=O)(=O)N1CCCC(O)C1. The number of esters is 1. The van der Waals surface area contributed by atoms with Crippen molar-refractivity contribution in [1.82, 2.24) is 4.31 Å². The summed E-state index contributed by atoms with van der Waals surface area (Å²) in [7, 11) is -2.24. The Bertz CT molecular complexity index is 435. The molecule has 6 nitrogen and oxygen atoms in total. The van der Waals surface area contributed by atoms with Crippen LogP contribution in [-0.2, 0) is 19.6 Å². The number of carbonyl (C=O) groups excluding carboxylic acids is 1. The summed E-state index contributed by atoms with van der Waals surface area (Å²) in [5.74, 6) is -1.00. The van der Waals surface area contributed by atoms with E-state index in [0.717, 1.165) is 6.42 Å². The molecule has 0 radical (unpaired) electrons. The number of hydrogen-bond donors (Lipinski definition) is 1. The minimum atomic E-state index is -3.53. The summed E-state index contributed by atoms with van der Waals surface area (Å²) < 4.78 is 31.2. The van der Waals surface area contributed by atoms with Crippen molar-refractivity contribution in [2.45, 2.75) is 43.5 Å². The van der Waals surface area contributed by atoms with Crippen molar-refractivity contribution in [2.75, 3.05) is 20.2 Å². The number of aliphatic hydroxyl groups excluding tert-OH is 1. The highest BCUT2D eigenvalue weighted by molar-refractivity contribution is 7.89. The van der Waals surface area contributed by atoms with E-state index in [1.165, 1.54) is 11.4 Å². The molecule has 0 aromatic rings. The summed E-state index contributed by atoms with van der Waals surface area (Å²) in [6, 6.07) is 0. The van der Waals surface area contributed by atoms with Gasteiger partial charge in [0.05, 0.1) is 24.4 Å². The average molecular weight is 291 g/mol. The Kier molecular flexibility index (Phi) is 4.47. The molecule has 0 spiro atoms. The number of nitrogens with zero attached hydrogens (tertiary/aromatic N) is 1. The van der Waals surface area contributed by atoms with Gasteiger partial charge in [-0.3, -0.25) is 4.79 Å². The summed E-state index contributed by atoms with van der Waals surface area (Å²) in [4.78, 5) is 11.7.